The number of benzene rings is 1. The maximum atomic E-state index is 11.5. The molecule has 0 aliphatic carbocycles. The molecule has 0 bridgehead atoms. The summed E-state index contributed by atoms with van der Waals surface area (Å²) in [6.45, 7) is 4.21. The van der Waals surface area contributed by atoms with E-state index in [-0.39, 0.29) is 12.1 Å². The number of carbonyl (C=O) groups excluding carboxylic acids is 1. The molecule has 0 saturated heterocycles. The van der Waals surface area contributed by atoms with Crippen molar-refractivity contribution in [2.75, 3.05) is 6.61 Å². The topological polar surface area (TPSA) is 61.3 Å². The molecule has 0 saturated carbocycles. The van der Waals surface area contributed by atoms with Crippen molar-refractivity contribution < 1.29 is 14.3 Å². The van der Waals surface area contributed by atoms with Crippen molar-refractivity contribution in [3.8, 4) is 17.1 Å². The van der Waals surface area contributed by atoms with E-state index in [0.717, 1.165) is 24.2 Å². The minimum atomic E-state index is -0.267. The van der Waals surface area contributed by atoms with Gasteiger partial charge in [0.2, 0.25) is 0 Å². The second-order valence-electron chi connectivity index (χ2n) is 5.31. The molecule has 1 atom stereocenters. The van der Waals surface area contributed by atoms with Gasteiger partial charge in [0, 0.05) is 24.4 Å². The van der Waals surface area contributed by atoms with Crippen molar-refractivity contribution >= 4 is 5.97 Å². The van der Waals surface area contributed by atoms with Crippen LogP contribution in [0.15, 0.2) is 42.7 Å². The third-order valence-electron chi connectivity index (χ3n) is 3.23. The van der Waals surface area contributed by atoms with E-state index in [1.165, 1.54) is 0 Å². The Hall–Kier alpha value is -2.43. The molecule has 0 radical (unpaired) electrons. The van der Waals surface area contributed by atoms with Gasteiger partial charge in [0.15, 0.2) is 5.82 Å². The van der Waals surface area contributed by atoms with Gasteiger partial charge in [-0.2, -0.15) is 0 Å². The van der Waals surface area contributed by atoms with Crippen LogP contribution in [0.3, 0.4) is 0 Å². The van der Waals surface area contributed by atoms with Crippen LogP contribution < -0.4 is 4.74 Å². The summed E-state index contributed by atoms with van der Waals surface area (Å²) in [6, 6.07) is 9.31. The van der Waals surface area contributed by atoms with E-state index < -0.39 is 0 Å². The predicted molar refractivity (Wildman–Crippen MR) is 88.0 cm³/mol. The third-order valence-corrected chi connectivity index (χ3v) is 3.23. The Morgan fingerprint density at radius 2 is 1.87 bits per heavy atom. The quantitative estimate of drug-likeness (QED) is 0.696. The third kappa shape index (κ3) is 5.70. The molecule has 5 heteroatoms. The molecular weight excluding hydrogens is 292 g/mol. The largest absolute Gasteiger partial charge is 0.490 e. The standard InChI is InChI=1S/C18H22N2O3/c1-3-4-6-17(21)23-14(2)13-22-16-9-7-15(8-10-16)18-19-11-5-12-20-18/h5,7-12,14H,3-4,6,13H2,1-2H3. The van der Waals surface area contributed by atoms with E-state index in [2.05, 4.69) is 9.97 Å². The molecule has 2 aromatic rings. The van der Waals surface area contributed by atoms with Crippen LogP contribution in [0.5, 0.6) is 5.75 Å². The summed E-state index contributed by atoms with van der Waals surface area (Å²) in [4.78, 5) is 19.9. The molecule has 23 heavy (non-hydrogen) atoms. The summed E-state index contributed by atoms with van der Waals surface area (Å²) in [5, 5.41) is 0. The molecular formula is C18H22N2O3. The Balaban J connectivity index is 1.81. The summed E-state index contributed by atoms with van der Waals surface area (Å²) in [5.41, 5.74) is 0.928. The highest BCUT2D eigenvalue weighted by Crippen LogP contribution is 2.19. The highest BCUT2D eigenvalue weighted by Gasteiger charge is 2.10. The van der Waals surface area contributed by atoms with Gasteiger partial charge in [-0.15, -0.1) is 0 Å². The molecule has 1 aromatic heterocycles. The number of nitrogens with zero attached hydrogens (tertiary/aromatic N) is 2. The molecule has 122 valence electrons. The first-order chi connectivity index (χ1) is 11.2. The summed E-state index contributed by atoms with van der Waals surface area (Å²) < 4.78 is 10.9. The van der Waals surface area contributed by atoms with Crippen LogP contribution in [0, 0.1) is 0 Å². The van der Waals surface area contributed by atoms with Crippen molar-refractivity contribution in [1.82, 2.24) is 9.97 Å². The molecule has 1 unspecified atom stereocenters. The van der Waals surface area contributed by atoms with Gasteiger partial charge >= 0.3 is 5.97 Å². The van der Waals surface area contributed by atoms with Crippen LogP contribution in [-0.2, 0) is 9.53 Å². The minimum Gasteiger partial charge on any atom is -0.490 e. The lowest BCUT2D eigenvalue weighted by Gasteiger charge is -2.14. The number of rotatable bonds is 8. The van der Waals surface area contributed by atoms with E-state index in [1.54, 1.807) is 18.5 Å². The lowest BCUT2D eigenvalue weighted by Crippen LogP contribution is -2.21. The van der Waals surface area contributed by atoms with E-state index in [0.29, 0.717) is 18.9 Å². The molecule has 0 spiro atoms. The Bertz CT molecular complexity index is 599. The summed E-state index contributed by atoms with van der Waals surface area (Å²) in [7, 11) is 0. The second kappa shape index (κ2) is 8.88. The van der Waals surface area contributed by atoms with Crippen LogP contribution in [0.2, 0.25) is 0 Å². The molecule has 0 aliphatic heterocycles. The fourth-order valence-corrected chi connectivity index (χ4v) is 2.00. The zero-order valence-electron chi connectivity index (χ0n) is 13.6. The highest BCUT2D eigenvalue weighted by molar-refractivity contribution is 5.69. The van der Waals surface area contributed by atoms with Gasteiger partial charge in [0.05, 0.1) is 0 Å². The average Bonchev–Trinajstić information content (AvgIpc) is 2.59. The lowest BCUT2D eigenvalue weighted by atomic mass is 10.2. The fourth-order valence-electron chi connectivity index (χ4n) is 2.00. The molecule has 1 heterocycles. The number of aromatic nitrogens is 2. The van der Waals surface area contributed by atoms with Crippen molar-refractivity contribution in [2.24, 2.45) is 0 Å². The number of hydrogen-bond acceptors (Lipinski definition) is 5. The zero-order chi connectivity index (χ0) is 16.5. The van der Waals surface area contributed by atoms with E-state index in [1.807, 2.05) is 38.1 Å². The van der Waals surface area contributed by atoms with E-state index in [9.17, 15) is 4.79 Å². The average molecular weight is 314 g/mol. The van der Waals surface area contributed by atoms with Crippen molar-refractivity contribution in [3.63, 3.8) is 0 Å². The Kier molecular flexibility index (Phi) is 6.54. The first-order valence-electron chi connectivity index (χ1n) is 7.88. The molecule has 2 rings (SSSR count). The highest BCUT2D eigenvalue weighted by atomic mass is 16.6. The lowest BCUT2D eigenvalue weighted by molar-refractivity contribution is -0.149. The van der Waals surface area contributed by atoms with Crippen molar-refractivity contribution in [1.29, 1.82) is 0 Å². The van der Waals surface area contributed by atoms with Gasteiger partial charge in [-0.25, -0.2) is 9.97 Å². The molecule has 0 fully saturated rings. The fraction of sp³-hybridized carbons (Fsp3) is 0.389. The van der Waals surface area contributed by atoms with E-state index >= 15 is 0 Å². The van der Waals surface area contributed by atoms with Crippen LogP contribution in [0.25, 0.3) is 11.4 Å². The predicted octanol–water partition coefficient (Wildman–Crippen LogP) is 3.64. The van der Waals surface area contributed by atoms with Gasteiger partial charge in [-0.05, 0) is 43.7 Å². The molecule has 5 nitrogen and oxygen atoms in total. The first kappa shape index (κ1) is 16.9. The summed E-state index contributed by atoms with van der Waals surface area (Å²) in [6.07, 6.45) is 5.46. The van der Waals surface area contributed by atoms with Crippen LogP contribution in [-0.4, -0.2) is 28.6 Å². The van der Waals surface area contributed by atoms with Crippen LogP contribution in [0.4, 0.5) is 0 Å². The van der Waals surface area contributed by atoms with E-state index in [4.69, 9.17) is 9.47 Å². The SMILES string of the molecule is CCCCC(=O)OC(C)COc1ccc(-c2ncccn2)cc1. The molecule has 0 amide bonds. The van der Waals surface area contributed by atoms with Gasteiger partial charge in [0.1, 0.15) is 18.5 Å². The molecule has 1 aromatic carbocycles. The summed E-state index contributed by atoms with van der Waals surface area (Å²) >= 11 is 0. The van der Waals surface area contributed by atoms with Crippen molar-refractivity contribution in [2.45, 2.75) is 39.2 Å². The second-order valence-corrected chi connectivity index (χ2v) is 5.31. The number of carbonyl (C=O) groups is 1. The van der Waals surface area contributed by atoms with Gasteiger partial charge in [0.25, 0.3) is 0 Å². The Morgan fingerprint density at radius 3 is 2.52 bits per heavy atom. The van der Waals surface area contributed by atoms with Crippen molar-refractivity contribution in [3.05, 3.63) is 42.7 Å². The molecule has 0 N–H and O–H groups in total. The molecule has 0 aliphatic rings. The number of hydrogen-bond donors (Lipinski definition) is 0. The zero-order valence-corrected chi connectivity index (χ0v) is 13.6. The van der Waals surface area contributed by atoms with Gasteiger partial charge < -0.3 is 9.47 Å². The monoisotopic (exact) mass is 314 g/mol. The maximum Gasteiger partial charge on any atom is 0.306 e. The normalized spacial score (nSPS) is 11.7. The van der Waals surface area contributed by atoms with Gasteiger partial charge in [-0.3, -0.25) is 4.79 Å². The van der Waals surface area contributed by atoms with Crippen LogP contribution >= 0.6 is 0 Å². The number of unbranched alkanes of at least 4 members (excludes halogenated alkanes) is 1. The Labute approximate surface area is 136 Å². The Morgan fingerprint density at radius 1 is 1.17 bits per heavy atom. The van der Waals surface area contributed by atoms with Crippen LogP contribution in [0.1, 0.15) is 33.1 Å². The maximum absolute atomic E-state index is 11.5. The number of esters is 1. The number of ether oxygens (including phenoxy) is 2. The minimum absolute atomic E-state index is 0.167. The smallest absolute Gasteiger partial charge is 0.306 e. The summed E-state index contributed by atoms with van der Waals surface area (Å²) in [5.74, 6) is 1.23. The van der Waals surface area contributed by atoms with Gasteiger partial charge in [-0.1, -0.05) is 13.3 Å². The first-order valence-corrected chi connectivity index (χ1v) is 7.88.